The lowest BCUT2D eigenvalue weighted by molar-refractivity contribution is 0.630. The van der Waals surface area contributed by atoms with E-state index in [4.69, 9.17) is 5.73 Å². The number of nitrogen functional groups attached to an aromatic ring is 1. The number of rotatable bonds is 0. The molecule has 1 aliphatic rings. The van der Waals surface area contributed by atoms with Gasteiger partial charge in [0.15, 0.2) is 0 Å². The highest BCUT2D eigenvalue weighted by atomic mass is 19.1. The molecular formula is C10H14FN3. The summed E-state index contributed by atoms with van der Waals surface area (Å²) in [6, 6.07) is 3.20. The quantitative estimate of drug-likeness (QED) is 0.633. The normalized spacial score (nSPS) is 15.6. The van der Waals surface area contributed by atoms with Crippen LogP contribution in [0.2, 0.25) is 0 Å². The summed E-state index contributed by atoms with van der Waals surface area (Å²) in [5, 5.41) is 0. The van der Waals surface area contributed by atoms with Gasteiger partial charge in [-0.2, -0.15) is 0 Å². The van der Waals surface area contributed by atoms with E-state index >= 15 is 0 Å². The molecule has 2 N–H and O–H groups in total. The summed E-state index contributed by atoms with van der Waals surface area (Å²) in [6.45, 7) is 1.85. The summed E-state index contributed by atoms with van der Waals surface area (Å²) >= 11 is 0. The van der Waals surface area contributed by atoms with E-state index in [1.807, 2.05) is 19.0 Å². The minimum atomic E-state index is -0.342. The van der Waals surface area contributed by atoms with Gasteiger partial charge in [-0.25, -0.2) is 4.39 Å². The molecule has 2 rings (SSSR count). The molecule has 0 radical (unpaired) electrons. The number of fused-ring (bicyclic) bond motifs is 1. The molecule has 0 fully saturated rings. The summed E-state index contributed by atoms with van der Waals surface area (Å²) in [7, 11) is 3.95. The molecule has 0 bridgehead atoms. The van der Waals surface area contributed by atoms with Gasteiger partial charge < -0.3 is 15.5 Å². The van der Waals surface area contributed by atoms with Crippen molar-refractivity contribution in [3.05, 3.63) is 17.9 Å². The Hall–Kier alpha value is -1.45. The average Bonchev–Trinajstić information content (AvgIpc) is 2.15. The highest BCUT2D eigenvalue weighted by molar-refractivity contribution is 5.76. The van der Waals surface area contributed by atoms with Crippen molar-refractivity contribution in [1.29, 1.82) is 0 Å². The van der Waals surface area contributed by atoms with Crippen LogP contribution in [0.25, 0.3) is 0 Å². The van der Waals surface area contributed by atoms with Crippen LogP contribution in [0.4, 0.5) is 21.5 Å². The smallest absolute Gasteiger partial charge is 0.148 e. The van der Waals surface area contributed by atoms with Crippen LogP contribution in [-0.4, -0.2) is 27.2 Å². The van der Waals surface area contributed by atoms with E-state index in [0.29, 0.717) is 0 Å². The molecular weight excluding hydrogens is 181 g/mol. The predicted octanol–water partition coefficient (Wildman–Crippen LogP) is 1.29. The molecule has 0 saturated heterocycles. The Bertz CT molecular complexity index is 330. The maximum atomic E-state index is 13.2. The second kappa shape index (κ2) is 3.04. The SMILES string of the molecule is CN1CCN(C)c2cc(F)c(N)cc21. The lowest BCUT2D eigenvalue weighted by Crippen LogP contribution is -2.36. The van der Waals surface area contributed by atoms with E-state index in [9.17, 15) is 4.39 Å². The molecule has 0 unspecified atom stereocenters. The molecule has 0 aromatic heterocycles. The van der Waals surface area contributed by atoms with Gasteiger partial charge in [-0.1, -0.05) is 0 Å². The fraction of sp³-hybridized carbons (Fsp3) is 0.400. The standard InChI is InChI=1S/C10H14FN3/c1-13-3-4-14(2)10-6-8(12)7(11)5-9(10)13/h5-6H,3-4,12H2,1-2H3. The Kier molecular flexibility index (Phi) is 1.98. The van der Waals surface area contributed by atoms with Gasteiger partial charge in [-0.15, -0.1) is 0 Å². The van der Waals surface area contributed by atoms with Crippen LogP contribution in [-0.2, 0) is 0 Å². The molecule has 1 heterocycles. The van der Waals surface area contributed by atoms with Crippen molar-refractivity contribution in [3.63, 3.8) is 0 Å². The first kappa shape index (κ1) is 9.12. The number of nitrogens with two attached hydrogens (primary N) is 1. The first-order chi connectivity index (χ1) is 6.59. The third-order valence-electron chi connectivity index (χ3n) is 2.69. The van der Waals surface area contributed by atoms with Gasteiger partial charge in [0.05, 0.1) is 17.1 Å². The van der Waals surface area contributed by atoms with E-state index in [0.717, 1.165) is 24.5 Å². The van der Waals surface area contributed by atoms with Crippen molar-refractivity contribution >= 4 is 17.1 Å². The van der Waals surface area contributed by atoms with Gasteiger partial charge in [0, 0.05) is 33.3 Å². The molecule has 0 aliphatic carbocycles. The molecule has 14 heavy (non-hydrogen) atoms. The third-order valence-corrected chi connectivity index (χ3v) is 2.69. The second-order valence-electron chi connectivity index (χ2n) is 3.71. The fourth-order valence-electron chi connectivity index (χ4n) is 1.72. The Morgan fingerprint density at radius 1 is 1.14 bits per heavy atom. The summed E-state index contributed by atoms with van der Waals surface area (Å²) < 4.78 is 13.2. The van der Waals surface area contributed by atoms with Crippen LogP contribution in [0.5, 0.6) is 0 Å². The number of hydrogen-bond acceptors (Lipinski definition) is 3. The zero-order valence-corrected chi connectivity index (χ0v) is 8.42. The van der Waals surface area contributed by atoms with Crippen molar-refractivity contribution in [2.75, 3.05) is 42.7 Å². The van der Waals surface area contributed by atoms with Crippen LogP contribution in [0.3, 0.4) is 0 Å². The van der Waals surface area contributed by atoms with Crippen molar-refractivity contribution in [2.45, 2.75) is 0 Å². The van der Waals surface area contributed by atoms with Crippen LogP contribution in [0.1, 0.15) is 0 Å². The minimum Gasteiger partial charge on any atom is -0.396 e. The number of nitrogens with zero attached hydrogens (tertiary/aromatic N) is 2. The van der Waals surface area contributed by atoms with E-state index in [-0.39, 0.29) is 11.5 Å². The molecule has 76 valence electrons. The molecule has 1 aliphatic heterocycles. The van der Waals surface area contributed by atoms with E-state index < -0.39 is 0 Å². The van der Waals surface area contributed by atoms with Crippen LogP contribution in [0, 0.1) is 5.82 Å². The summed E-state index contributed by atoms with van der Waals surface area (Å²) in [4.78, 5) is 4.13. The number of benzene rings is 1. The fourth-order valence-corrected chi connectivity index (χ4v) is 1.72. The molecule has 4 heteroatoms. The lowest BCUT2D eigenvalue weighted by atomic mass is 10.1. The minimum absolute atomic E-state index is 0.214. The first-order valence-electron chi connectivity index (χ1n) is 4.61. The Morgan fingerprint density at radius 2 is 1.64 bits per heavy atom. The Morgan fingerprint density at radius 3 is 2.21 bits per heavy atom. The van der Waals surface area contributed by atoms with Gasteiger partial charge in [0.1, 0.15) is 5.82 Å². The highest BCUT2D eigenvalue weighted by Crippen LogP contribution is 2.34. The molecule has 0 amide bonds. The number of likely N-dealkylation sites (N-methyl/N-ethyl adjacent to an activating group) is 2. The molecule has 0 atom stereocenters. The number of hydrogen-bond donors (Lipinski definition) is 1. The topological polar surface area (TPSA) is 32.5 Å². The Balaban J connectivity index is 2.56. The first-order valence-corrected chi connectivity index (χ1v) is 4.61. The average molecular weight is 195 g/mol. The molecule has 3 nitrogen and oxygen atoms in total. The second-order valence-corrected chi connectivity index (χ2v) is 3.71. The molecule has 1 aromatic carbocycles. The van der Waals surface area contributed by atoms with Crippen molar-refractivity contribution in [3.8, 4) is 0 Å². The molecule has 0 saturated carbocycles. The zero-order chi connectivity index (χ0) is 10.3. The van der Waals surface area contributed by atoms with Crippen LogP contribution in [0.15, 0.2) is 12.1 Å². The summed E-state index contributed by atoms with van der Waals surface area (Å²) in [6.07, 6.45) is 0. The van der Waals surface area contributed by atoms with E-state index in [1.54, 1.807) is 6.07 Å². The number of halogens is 1. The third kappa shape index (κ3) is 1.27. The highest BCUT2D eigenvalue weighted by Gasteiger charge is 2.19. The Labute approximate surface area is 82.9 Å². The monoisotopic (exact) mass is 195 g/mol. The maximum Gasteiger partial charge on any atom is 0.148 e. The van der Waals surface area contributed by atoms with E-state index in [1.165, 1.54) is 6.07 Å². The van der Waals surface area contributed by atoms with Crippen molar-refractivity contribution < 1.29 is 4.39 Å². The zero-order valence-electron chi connectivity index (χ0n) is 8.42. The van der Waals surface area contributed by atoms with Gasteiger partial charge in [0.2, 0.25) is 0 Å². The largest absolute Gasteiger partial charge is 0.396 e. The van der Waals surface area contributed by atoms with Crippen LogP contribution >= 0.6 is 0 Å². The van der Waals surface area contributed by atoms with Gasteiger partial charge in [-0.3, -0.25) is 0 Å². The van der Waals surface area contributed by atoms with E-state index in [2.05, 4.69) is 4.90 Å². The van der Waals surface area contributed by atoms with Gasteiger partial charge in [-0.05, 0) is 6.07 Å². The maximum absolute atomic E-state index is 13.2. The summed E-state index contributed by atoms with van der Waals surface area (Å²) in [5.41, 5.74) is 7.65. The van der Waals surface area contributed by atoms with Crippen molar-refractivity contribution in [1.82, 2.24) is 0 Å². The predicted molar refractivity (Wildman–Crippen MR) is 57.4 cm³/mol. The van der Waals surface area contributed by atoms with Gasteiger partial charge in [0.25, 0.3) is 0 Å². The van der Waals surface area contributed by atoms with Crippen molar-refractivity contribution in [2.24, 2.45) is 0 Å². The summed E-state index contributed by atoms with van der Waals surface area (Å²) in [5.74, 6) is -0.342. The van der Waals surface area contributed by atoms with Gasteiger partial charge >= 0.3 is 0 Å². The molecule has 0 spiro atoms. The van der Waals surface area contributed by atoms with Crippen LogP contribution < -0.4 is 15.5 Å². The number of anilines is 3. The molecule has 1 aromatic rings. The lowest BCUT2D eigenvalue weighted by Gasteiger charge is -2.34.